The van der Waals surface area contributed by atoms with Crippen LogP contribution in [-0.2, 0) is 23.3 Å². The minimum atomic E-state index is 0. The number of benzene rings is 4. The van der Waals surface area contributed by atoms with E-state index in [1.54, 1.807) is 0 Å². The summed E-state index contributed by atoms with van der Waals surface area (Å²) in [4.78, 5) is 0. The molecule has 0 saturated carbocycles. The fourth-order valence-corrected chi connectivity index (χ4v) is 5.40. The number of hydrogen-bond donors (Lipinski definition) is 0. The molecule has 0 aliphatic rings. The van der Waals surface area contributed by atoms with Gasteiger partial charge in [-0.15, -0.1) is 68.6 Å². The Labute approximate surface area is 265 Å². The van der Waals surface area contributed by atoms with Crippen LogP contribution in [0.1, 0.15) is 47.6 Å². The molecule has 6 aromatic rings. The molecule has 0 atom stereocenters. The molecule has 0 N–H and O–H groups in total. The summed E-state index contributed by atoms with van der Waals surface area (Å²) in [5.74, 6) is 0.578. The van der Waals surface area contributed by atoms with E-state index in [4.69, 9.17) is 0 Å². The van der Waals surface area contributed by atoms with Gasteiger partial charge in [-0.3, -0.25) is 0 Å². The van der Waals surface area contributed by atoms with E-state index in [9.17, 15) is 0 Å². The van der Waals surface area contributed by atoms with Crippen LogP contribution in [0.2, 0.25) is 0 Å². The first-order valence-electron chi connectivity index (χ1n) is 13.6. The van der Waals surface area contributed by atoms with Crippen LogP contribution in [0.4, 0.5) is 0 Å². The number of aryl methyl sites for hydroxylation is 4. The molecule has 0 nitrogen and oxygen atoms in total. The molecule has 0 spiro atoms. The van der Waals surface area contributed by atoms with Crippen molar-refractivity contribution in [2.45, 2.75) is 47.5 Å². The van der Waals surface area contributed by atoms with Crippen molar-refractivity contribution in [3.63, 3.8) is 0 Å². The van der Waals surface area contributed by atoms with Gasteiger partial charge < -0.3 is 14.9 Å². The molecule has 0 fully saturated rings. The van der Waals surface area contributed by atoms with Gasteiger partial charge in [0.05, 0.1) is 0 Å². The first kappa shape index (κ1) is 34.4. The van der Waals surface area contributed by atoms with Gasteiger partial charge in [0.25, 0.3) is 0 Å². The first-order valence-corrected chi connectivity index (χ1v) is 17.7. The van der Waals surface area contributed by atoms with Gasteiger partial charge in [-0.25, -0.2) is 0 Å². The van der Waals surface area contributed by atoms with Gasteiger partial charge in [0.1, 0.15) is 0 Å². The number of hydrogen-bond acceptors (Lipinski definition) is 0. The van der Waals surface area contributed by atoms with E-state index in [0.717, 1.165) is 0 Å². The normalized spacial score (nSPS) is 10.2. The SMILES string of the molecule is Cc1cc2c(-c3ccccc3)ccc(C)c2[cH-]1.Cc1ccc(-c2cccc3[cH-]c(C(C)C)cc23)c(C)c1.[CH3-].[CH3-].[Si]=[Zr]. The molecule has 41 heavy (non-hydrogen) atoms. The summed E-state index contributed by atoms with van der Waals surface area (Å²) in [6.45, 7) is 16.3. The molecule has 6 rings (SSSR count). The van der Waals surface area contributed by atoms with Gasteiger partial charge in [0.15, 0.2) is 0 Å². The maximum atomic E-state index is 3.06. The predicted molar refractivity (Wildman–Crippen MR) is 182 cm³/mol. The molecule has 2 radical (unpaired) electrons. The molecular formula is C39H42SiZr-4. The van der Waals surface area contributed by atoms with Crippen LogP contribution in [0.25, 0.3) is 43.8 Å². The van der Waals surface area contributed by atoms with Crippen LogP contribution >= 0.6 is 0 Å². The summed E-state index contributed by atoms with van der Waals surface area (Å²) in [5.41, 5.74) is 12.1. The van der Waals surface area contributed by atoms with Gasteiger partial charge in [0, 0.05) is 0 Å². The van der Waals surface area contributed by atoms with Crippen molar-refractivity contribution in [2.75, 3.05) is 0 Å². The van der Waals surface area contributed by atoms with Crippen molar-refractivity contribution in [1.29, 1.82) is 0 Å². The predicted octanol–water partition coefficient (Wildman–Crippen LogP) is 11.3. The van der Waals surface area contributed by atoms with Crippen molar-refractivity contribution in [1.82, 2.24) is 0 Å². The van der Waals surface area contributed by atoms with Gasteiger partial charge in [-0.05, 0) is 36.5 Å². The van der Waals surface area contributed by atoms with Gasteiger partial charge in [-0.2, -0.15) is 12.1 Å². The third-order valence-corrected chi connectivity index (χ3v) is 7.45. The Morgan fingerprint density at radius 2 is 1.29 bits per heavy atom. The van der Waals surface area contributed by atoms with Gasteiger partial charge >= 0.3 is 30.2 Å². The summed E-state index contributed by atoms with van der Waals surface area (Å²) in [6, 6.07) is 37.6. The van der Waals surface area contributed by atoms with E-state index in [1.165, 1.54) is 95.0 Å². The van der Waals surface area contributed by atoms with Gasteiger partial charge in [-0.1, -0.05) is 105 Å². The molecule has 6 aromatic carbocycles. The molecule has 0 aliphatic carbocycles. The van der Waals surface area contributed by atoms with Crippen molar-refractivity contribution in [2.24, 2.45) is 0 Å². The summed E-state index contributed by atoms with van der Waals surface area (Å²) in [7, 11) is 0. The van der Waals surface area contributed by atoms with Crippen molar-refractivity contribution >= 4 is 28.4 Å². The van der Waals surface area contributed by atoms with Crippen LogP contribution in [-0.4, -0.2) is 6.88 Å². The van der Waals surface area contributed by atoms with E-state index in [2.05, 4.69) is 152 Å². The second-order valence-corrected chi connectivity index (χ2v) is 10.7. The second kappa shape index (κ2) is 15.4. The van der Waals surface area contributed by atoms with E-state index < -0.39 is 0 Å². The molecule has 210 valence electrons. The van der Waals surface area contributed by atoms with E-state index in [1.807, 2.05) is 0 Å². The Morgan fingerprint density at radius 3 is 1.95 bits per heavy atom. The fraction of sp³-hybridized carbons (Fsp3) is 0.179. The molecule has 0 aromatic heterocycles. The zero-order valence-corrected chi connectivity index (χ0v) is 29.4. The second-order valence-electron chi connectivity index (χ2n) is 10.7. The molecule has 0 heterocycles. The van der Waals surface area contributed by atoms with Crippen LogP contribution in [0.15, 0.2) is 103 Å². The van der Waals surface area contributed by atoms with E-state index >= 15 is 0 Å². The quantitative estimate of drug-likeness (QED) is 0.135. The van der Waals surface area contributed by atoms with Crippen molar-refractivity contribution in [3.8, 4) is 22.3 Å². The summed E-state index contributed by atoms with van der Waals surface area (Å²) in [6.07, 6.45) is 0. The van der Waals surface area contributed by atoms with Gasteiger partial charge in [0.2, 0.25) is 0 Å². The summed E-state index contributed by atoms with van der Waals surface area (Å²) < 4.78 is 0. The molecule has 0 saturated heterocycles. The van der Waals surface area contributed by atoms with E-state index in [-0.39, 0.29) is 14.9 Å². The van der Waals surface area contributed by atoms with Crippen LogP contribution in [0.5, 0.6) is 0 Å². The van der Waals surface area contributed by atoms with Crippen LogP contribution in [0.3, 0.4) is 0 Å². The molecular weight excluding hydrogens is 588 g/mol. The van der Waals surface area contributed by atoms with Crippen LogP contribution < -0.4 is 0 Å². The zero-order chi connectivity index (χ0) is 28.1. The third-order valence-electron chi connectivity index (χ3n) is 7.45. The average molecular weight is 630 g/mol. The topological polar surface area (TPSA) is 0 Å². The Balaban J connectivity index is 0.000000261. The minimum absolute atomic E-state index is 0. The standard InChI is InChI=1S/C20H21.C17H15.2CH3.Si.Zr/c1-13(2)17-11-16-6-5-7-19(20(16)12-17)18-9-8-14(3)10-15(18)4;1-12-10-16-13(2)8-9-15(17(16)11-12)14-6-4-3-5-7-14;;;;/h5-13H,1-4H3;3-11H,1-2H3;2*1H3;;/q4*-1;;. The molecule has 0 aliphatic heterocycles. The Hall–Kier alpha value is -2.80. The molecule has 2 heteroatoms. The monoisotopic (exact) mass is 628 g/mol. The molecule has 0 bridgehead atoms. The summed E-state index contributed by atoms with van der Waals surface area (Å²) >= 11 is 1.36. The number of rotatable bonds is 3. The van der Waals surface area contributed by atoms with E-state index in [0.29, 0.717) is 5.92 Å². The fourth-order valence-electron chi connectivity index (χ4n) is 5.40. The van der Waals surface area contributed by atoms with Crippen molar-refractivity contribution in [3.05, 3.63) is 146 Å². The first-order chi connectivity index (χ1) is 18.8. The third kappa shape index (κ3) is 7.73. The maximum absolute atomic E-state index is 3.06. The Bertz CT molecular complexity index is 1700. The summed E-state index contributed by atoms with van der Waals surface area (Å²) in [5, 5.41) is 5.48. The Morgan fingerprint density at radius 1 is 0.610 bits per heavy atom. The average Bonchev–Trinajstić information content (AvgIpc) is 3.55. The molecule has 0 amide bonds. The Kier molecular flexibility index (Phi) is 13.0. The van der Waals surface area contributed by atoms with Crippen molar-refractivity contribution < 1.29 is 23.3 Å². The zero-order valence-electron chi connectivity index (χ0n) is 25.9. The molecule has 0 unspecified atom stereocenters. The van der Waals surface area contributed by atoms with Crippen LogP contribution in [0, 0.1) is 42.5 Å². The number of fused-ring (bicyclic) bond motifs is 2.